The molecule has 3 amide bonds. The number of carbonyl (C=O) groups is 2. The number of hydrogen-bond donors (Lipinski definition) is 1. The summed E-state index contributed by atoms with van der Waals surface area (Å²) in [5, 5.41) is 14.6. The Bertz CT molecular complexity index is 1760. The summed E-state index contributed by atoms with van der Waals surface area (Å²) in [7, 11) is 10.1. The molecule has 0 saturated carbocycles. The van der Waals surface area contributed by atoms with Crippen molar-refractivity contribution in [3.05, 3.63) is 62.2 Å². The molecule has 2 aliphatic rings. The number of urea groups is 1. The smallest absolute Gasteiger partial charge is 0.390 e. The van der Waals surface area contributed by atoms with Gasteiger partial charge in [-0.3, -0.25) is 14.6 Å². The topological polar surface area (TPSA) is 161 Å². The second-order valence-corrected chi connectivity index (χ2v) is 12.8. The molecule has 1 atom stereocenters. The standard InChI is InChI=1S/C30H37Cl2N10O6.BrH/c1-33-29-34-13-18-14-39(26-24(31)21(47-5)12-22(48-6)25(26)32)30(44)40(27(18)36-29)19-9-10-38(15-19)23(43)8-7-11-42(3,4)16-20-28(41(45)46)35-17-37(20)2;/h7-8,12-13,17,19H,9-11,14-16H2,1-6H3,(H,33,34,36);1H/q+1;/p-1. The van der Waals surface area contributed by atoms with E-state index in [9.17, 15) is 19.7 Å². The molecule has 5 rings (SSSR count). The second-order valence-electron chi connectivity index (χ2n) is 12.1. The van der Waals surface area contributed by atoms with E-state index in [0.29, 0.717) is 53.6 Å². The number of halogens is 3. The average Bonchev–Trinajstić information content (AvgIpc) is 3.68. The first-order chi connectivity index (χ1) is 22.8. The molecule has 1 fully saturated rings. The number of hydrogen-bond acceptors (Lipinski definition) is 10. The maximum absolute atomic E-state index is 14.4. The van der Waals surface area contributed by atoms with E-state index in [-0.39, 0.29) is 69.0 Å². The number of anilines is 3. The fraction of sp³-hybridized carbons (Fsp3) is 0.433. The molecule has 16 nitrogen and oxygen atoms in total. The molecule has 19 heteroatoms. The van der Waals surface area contributed by atoms with Gasteiger partial charge in [0.1, 0.15) is 33.9 Å². The number of likely N-dealkylation sites (tertiary alicyclic amines) is 1. The van der Waals surface area contributed by atoms with Crippen molar-refractivity contribution in [3.63, 3.8) is 0 Å². The molecule has 0 aliphatic carbocycles. The number of imidazole rings is 1. The van der Waals surface area contributed by atoms with Crippen molar-refractivity contribution in [2.75, 3.05) is 70.1 Å². The lowest BCUT2D eigenvalue weighted by atomic mass is 10.1. The Morgan fingerprint density at radius 1 is 1.20 bits per heavy atom. The Kier molecular flexibility index (Phi) is 11.6. The molecule has 2 aliphatic heterocycles. The summed E-state index contributed by atoms with van der Waals surface area (Å²) in [6.07, 6.45) is 6.81. The summed E-state index contributed by atoms with van der Waals surface area (Å²) in [5.74, 6) is 0.935. The fourth-order valence-corrected chi connectivity index (χ4v) is 6.56. The molecule has 4 heterocycles. The van der Waals surface area contributed by atoms with Crippen molar-refractivity contribution < 1.29 is 45.5 Å². The monoisotopic (exact) mass is 782 g/mol. The number of ether oxygens (including phenoxy) is 2. The maximum Gasteiger partial charge on any atom is 0.390 e. The lowest BCUT2D eigenvalue weighted by Crippen LogP contribution is -3.00. The van der Waals surface area contributed by atoms with Crippen molar-refractivity contribution >= 4 is 58.4 Å². The minimum atomic E-state index is -0.495. The number of amides is 3. The number of nitrogens with one attached hydrogen (secondary N) is 1. The number of nitro groups is 1. The lowest BCUT2D eigenvalue weighted by Gasteiger charge is -2.39. The number of quaternary nitrogens is 1. The summed E-state index contributed by atoms with van der Waals surface area (Å²) in [4.78, 5) is 56.2. The molecule has 1 N–H and O–H groups in total. The van der Waals surface area contributed by atoms with Gasteiger partial charge in [-0.05, 0) is 22.4 Å². The van der Waals surface area contributed by atoms with Crippen LogP contribution in [0, 0.1) is 10.1 Å². The van der Waals surface area contributed by atoms with Crippen molar-refractivity contribution in [3.8, 4) is 11.5 Å². The van der Waals surface area contributed by atoms with Gasteiger partial charge in [-0.1, -0.05) is 23.2 Å². The van der Waals surface area contributed by atoms with E-state index in [2.05, 4.69) is 20.3 Å². The van der Waals surface area contributed by atoms with Crippen molar-refractivity contribution in [1.29, 1.82) is 0 Å². The van der Waals surface area contributed by atoms with Crippen LogP contribution in [-0.2, 0) is 24.9 Å². The van der Waals surface area contributed by atoms with E-state index in [0.717, 1.165) is 0 Å². The van der Waals surface area contributed by atoms with Crippen molar-refractivity contribution in [1.82, 2.24) is 24.4 Å². The quantitative estimate of drug-likeness (QED) is 0.128. The van der Waals surface area contributed by atoms with Crippen LogP contribution < -0.4 is 41.6 Å². The number of methoxy groups -OCH3 is 2. The van der Waals surface area contributed by atoms with E-state index in [1.54, 1.807) is 46.8 Å². The molecular weight excluding hydrogens is 747 g/mol. The van der Waals surface area contributed by atoms with Crippen LogP contribution >= 0.6 is 23.2 Å². The zero-order chi connectivity index (χ0) is 34.9. The third-order valence-corrected chi connectivity index (χ3v) is 9.10. The Labute approximate surface area is 303 Å². The molecule has 0 bridgehead atoms. The highest BCUT2D eigenvalue weighted by Gasteiger charge is 2.42. The van der Waals surface area contributed by atoms with Gasteiger partial charge >= 0.3 is 11.8 Å². The van der Waals surface area contributed by atoms with Crippen molar-refractivity contribution in [2.45, 2.75) is 25.6 Å². The fourth-order valence-electron chi connectivity index (χ4n) is 5.86. The third-order valence-electron chi connectivity index (χ3n) is 8.37. The number of aryl methyl sites for hydroxylation is 1. The van der Waals surface area contributed by atoms with Gasteiger partial charge in [-0.15, -0.1) is 0 Å². The van der Waals surface area contributed by atoms with Crippen LogP contribution in [0.3, 0.4) is 0 Å². The number of fused-ring (bicyclic) bond motifs is 1. The van der Waals surface area contributed by atoms with Gasteiger partial charge in [-0.25, -0.2) is 9.78 Å². The van der Waals surface area contributed by atoms with Gasteiger partial charge in [0.2, 0.25) is 18.2 Å². The van der Waals surface area contributed by atoms with Gasteiger partial charge in [0.05, 0.1) is 53.1 Å². The number of benzene rings is 1. The molecule has 2 aromatic heterocycles. The predicted octanol–water partition coefficient (Wildman–Crippen LogP) is 0.868. The minimum Gasteiger partial charge on any atom is -1.00 e. The highest BCUT2D eigenvalue weighted by atomic mass is 79.9. The molecule has 1 aromatic carbocycles. The zero-order valence-electron chi connectivity index (χ0n) is 27.8. The Morgan fingerprint density at radius 2 is 1.88 bits per heavy atom. The largest absolute Gasteiger partial charge is 1.00 e. The van der Waals surface area contributed by atoms with Gasteiger partial charge in [0, 0.05) is 51.1 Å². The Balaban J connectivity index is 0.00000541. The summed E-state index contributed by atoms with van der Waals surface area (Å²) >= 11 is 13.4. The van der Waals surface area contributed by atoms with Gasteiger partial charge < -0.3 is 55.8 Å². The Hall–Kier alpha value is -4.19. The second kappa shape index (κ2) is 15.1. The summed E-state index contributed by atoms with van der Waals surface area (Å²) in [5.41, 5.74) is 1.37. The van der Waals surface area contributed by atoms with Crippen LogP contribution in [0.15, 0.2) is 30.7 Å². The summed E-state index contributed by atoms with van der Waals surface area (Å²) < 4.78 is 12.9. The molecule has 1 unspecified atom stereocenters. The Morgan fingerprint density at radius 3 is 2.49 bits per heavy atom. The van der Waals surface area contributed by atoms with Crippen LogP contribution in [0.5, 0.6) is 11.5 Å². The number of likely N-dealkylation sites (N-methyl/N-ethyl adjacent to an activating group) is 1. The molecule has 0 spiro atoms. The summed E-state index contributed by atoms with van der Waals surface area (Å²) in [6.45, 7) is 1.52. The number of aromatic nitrogens is 4. The first-order valence-electron chi connectivity index (χ1n) is 15.0. The molecule has 3 aromatic rings. The third kappa shape index (κ3) is 7.54. The summed E-state index contributed by atoms with van der Waals surface area (Å²) in [6, 6.07) is 0.701. The van der Waals surface area contributed by atoms with E-state index in [1.807, 2.05) is 14.1 Å². The molecule has 49 heavy (non-hydrogen) atoms. The molecule has 0 radical (unpaired) electrons. The first-order valence-corrected chi connectivity index (χ1v) is 15.7. The predicted molar refractivity (Wildman–Crippen MR) is 180 cm³/mol. The number of nitrogens with zero attached hydrogens (tertiary/aromatic N) is 9. The highest BCUT2D eigenvalue weighted by molar-refractivity contribution is 6.42. The first kappa shape index (κ1) is 37.6. The molecule has 1 saturated heterocycles. The normalized spacial score (nSPS) is 16.1. The van der Waals surface area contributed by atoms with E-state index >= 15 is 0 Å². The van der Waals surface area contributed by atoms with E-state index < -0.39 is 17.0 Å². The van der Waals surface area contributed by atoms with Crippen LogP contribution in [0.2, 0.25) is 10.0 Å². The molecule has 264 valence electrons. The zero-order valence-corrected chi connectivity index (χ0v) is 30.9. The highest BCUT2D eigenvalue weighted by Crippen LogP contribution is 2.48. The van der Waals surface area contributed by atoms with Gasteiger partial charge in [-0.2, -0.15) is 4.98 Å². The van der Waals surface area contributed by atoms with Crippen LogP contribution in [0.25, 0.3) is 0 Å². The van der Waals surface area contributed by atoms with Crippen LogP contribution in [0.4, 0.5) is 28.1 Å². The van der Waals surface area contributed by atoms with Crippen LogP contribution in [0.1, 0.15) is 17.7 Å². The van der Waals surface area contributed by atoms with Crippen molar-refractivity contribution in [2.24, 2.45) is 7.05 Å². The molecular formula is C30H37BrCl2N10O6. The number of rotatable bonds is 11. The SMILES string of the molecule is CNc1ncc2c(n1)N(C1CCN(C(=O)C=CC[N+](C)(C)Cc3c([N+](=O)[O-])ncn3C)C1)C(=O)N(c1c(Cl)c(OC)cc(OC)c1Cl)C2.[Br-]. The number of carbonyl (C=O) groups excluding carboxylic acids is 2. The van der Waals surface area contributed by atoms with Gasteiger partial charge in [0.25, 0.3) is 0 Å². The maximum atomic E-state index is 14.4. The lowest BCUT2D eigenvalue weighted by molar-refractivity contribution is -0.898. The van der Waals surface area contributed by atoms with Gasteiger partial charge in [0.15, 0.2) is 5.69 Å². The minimum absolute atomic E-state index is 0. The van der Waals surface area contributed by atoms with E-state index in [1.165, 1.54) is 31.5 Å². The van der Waals surface area contributed by atoms with Crippen LogP contribution in [-0.4, -0.2) is 107 Å². The average molecular weight is 785 g/mol. The van der Waals surface area contributed by atoms with E-state index in [4.69, 9.17) is 32.7 Å².